The van der Waals surface area contributed by atoms with Crippen LogP contribution in [0.25, 0.3) is 4.96 Å². The van der Waals surface area contributed by atoms with E-state index in [1.807, 2.05) is 6.92 Å². The van der Waals surface area contributed by atoms with Gasteiger partial charge in [-0.15, -0.1) is 0 Å². The first kappa shape index (κ1) is 15.3. The summed E-state index contributed by atoms with van der Waals surface area (Å²) >= 11 is 1.49. The van der Waals surface area contributed by atoms with Crippen LogP contribution in [0.2, 0.25) is 0 Å². The smallest absolute Gasteiger partial charge is 0.275 e. The maximum Gasteiger partial charge on any atom is 0.275 e. The lowest BCUT2D eigenvalue weighted by molar-refractivity contribution is 0.150. The Morgan fingerprint density at radius 2 is 2.04 bits per heavy atom. The summed E-state index contributed by atoms with van der Waals surface area (Å²) in [5, 5.41) is 5.10. The van der Waals surface area contributed by atoms with Crippen LogP contribution in [-0.4, -0.2) is 32.1 Å². The first-order chi connectivity index (χ1) is 11.2. The molecule has 1 aliphatic carbocycles. The second-order valence-corrected chi connectivity index (χ2v) is 8.14. The Bertz CT molecular complexity index is 747. The summed E-state index contributed by atoms with van der Waals surface area (Å²) in [6.07, 6.45) is 9.53. The van der Waals surface area contributed by atoms with Crippen LogP contribution in [0.3, 0.4) is 0 Å². The van der Waals surface area contributed by atoms with Gasteiger partial charge in [0, 0.05) is 18.7 Å². The minimum absolute atomic E-state index is 0.0530. The molecule has 2 aliphatic rings. The fourth-order valence-electron chi connectivity index (χ4n) is 4.34. The molecule has 1 aliphatic heterocycles. The second kappa shape index (κ2) is 6.32. The molecule has 0 N–H and O–H groups in total. The predicted molar refractivity (Wildman–Crippen MR) is 91.9 cm³/mol. The standard InChI is InChI=1S/C17H24N4OS/c1-12-19-21-16(22)10-14(18-17(21)23-12)11-20-9-5-8-15(20)13-6-3-2-4-7-13/h10,13,15H,2-9,11H2,1H3/t15-/m1/s1. The minimum atomic E-state index is -0.0530. The summed E-state index contributed by atoms with van der Waals surface area (Å²) in [4.78, 5) is 20.2. The highest BCUT2D eigenvalue weighted by molar-refractivity contribution is 7.16. The number of likely N-dealkylation sites (tertiary alicyclic amines) is 1. The molecule has 0 radical (unpaired) electrons. The molecule has 3 heterocycles. The third kappa shape index (κ3) is 3.06. The summed E-state index contributed by atoms with van der Waals surface area (Å²) in [6.45, 7) is 3.87. The molecule has 0 unspecified atom stereocenters. The van der Waals surface area contributed by atoms with Crippen LogP contribution in [-0.2, 0) is 6.54 Å². The third-order valence-corrected chi connectivity index (χ3v) is 6.20. The van der Waals surface area contributed by atoms with Crippen molar-refractivity contribution in [3.05, 3.63) is 27.1 Å². The average molecular weight is 332 g/mol. The average Bonchev–Trinajstić information content (AvgIpc) is 3.14. The first-order valence-corrected chi connectivity index (χ1v) is 9.63. The number of hydrogen-bond acceptors (Lipinski definition) is 5. The van der Waals surface area contributed by atoms with E-state index in [2.05, 4.69) is 15.0 Å². The molecule has 23 heavy (non-hydrogen) atoms. The molecule has 1 atom stereocenters. The molecule has 2 aromatic rings. The van der Waals surface area contributed by atoms with Crippen LogP contribution >= 0.6 is 11.3 Å². The van der Waals surface area contributed by atoms with Gasteiger partial charge in [-0.25, -0.2) is 4.98 Å². The molecule has 2 aromatic heterocycles. The molecule has 0 bridgehead atoms. The highest BCUT2D eigenvalue weighted by atomic mass is 32.1. The number of aryl methyl sites for hydroxylation is 1. The predicted octanol–water partition coefficient (Wildman–Crippen LogP) is 3.00. The van der Waals surface area contributed by atoms with Gasteiger partial charge in [-0.05, 0) is 45.1 Å². The Morgan fingerprint density at radius 3 is 2.87 bits per heavy atom. The molecule has 4 rings (SSSR count). The van der Waals surface area contributed by atoms with Crippen LogP contribution in [0.5, 0.6) is 0 Å². The van der Waals surface area contributed by atoms with Crippen LogP contribution in [0.15, 0.2) is 10.9 Å². The van der Waals surface area contributed by atoms with Crippen molar-refractivity contribution < 1.29 is 0 Å². The van der Waals surface area contributed by atoms with Gasteiger partial charge in [0.05, 0.1) is 5.69 Å². The van der Waals surface area contributed by atoms with E-state index >= 15 is 0 Å². The van der Waals surface area contributed by atoms with Gasteiger partial charge >= 0.3 is 0 Å². The SMILES string of the molecule is Cc1nn2c(=O)cc(CN3CCC[C@@H]3C3CCCCC3)nc2s1. The Hall–Kier alpha value is -1.27. The summed E-state index contributed by atoms with van der Waals surface area (Å²) in [5.41, 5.74) is 0.851. The van der Waals surface area contributed by atoms with E-state index in [1.54, 1.807) is 6.07 Å². The van der Waals surface area contributed by atoms with Gasteiger partial charge in [0.2, 0.25) is 4.96 Å². The maximum atomic E-state index is 12.2. The number of nitrogens with zero attached hydrogens (tertiary/aromatic N) is 4. The van der Waals surface area contributed by atoms with Crippen molar-refractivity contribution in [1.82, 2.24) is 19.5 Å². The van der Waals surface area contributed by atoms with Crippen molar-refractivity contribution in [1.29, 1.82) is 0 Å². The normalized spacial score (nSPS) is 23.8. The van der Waals surface area contributed by atoms with Crippen molar-refractivity contribution >= 4 is 16.3 Å². The molecule has 1 saturated carbocycles. The van der Waals surface area contributed by atoms with Crippen molar-refractivity contribution in [2.45, 2.75) is 64.5 Å². The van der Waals surface area contributed by atoms with Crippen molar-refractivity contribution in [3.63, 3.8) is 0 Å². The molecular weight excluding hydrogens is 308 g/mol. The number of rotatable bonds is 3. The van der Waals surface area contributed by atoms with Crippen LogP contribution in [0.1, 0.15) is 55.6 Å². The Morgan fingerprint density at radius 1 is 1.22 bits per heavy atom. The van der Waals surface area contributed by atoms with E-state index in [9.17, 15) is 4.79 Å². The lowest BCUT2D eigenvalue weighted by Crippen LogP contribution is -2.36. The highest BCUT2D eigenvalue weighted by Gasteiger charge is 2.32. The van der Waals surface area contributed by atoms with Crippen molar-refractivity contribution in [2.75, 3.05) is 6.54 Å². The molecule has 124 valence electrons. The fraction of sp³-hybridized carbons (Fsp3) is 0.706. The summed E-state index contributed by atoms with van der Waals surface area (Å²) in [7, 11) is 0. The van der Waals surface area contributed by atoms with Gasteiger partial charge in [-0.3, -0.25) is 9.69 Å². The minimum Gasteiger partial charge on any atom is -0.294 e. The van der Waals surface area contributed by atoms with E-state index in [0.717, 1.165) is 34.7 Å². The van der Waals surface area contributed by atoms with Gasteiger partial charge < -0.3 is 0 Å². The van der Waals surface area contributed by atoms with Gasteiger partial charge in [-0.1, -0.05) is 30.6 Å². The Balaban J connectivity index is 1.55. The van der Waals surface area contributed by atoms with E-state index in [-0.39, 0.29) is 5.56 Å². The number of aromatic nitrogens is 3. The summed E-state index contributed by atoms with van der Waals surface area (Å²) < 4.78 is 1.42. The topological polar surface area (TPSA) is 50.5 Å². The highest BCUT2D eigenvalue weighted by Crippen LogP contribution is 2.34. The molecule has 6 heteroatoms. The van der Waals surface area contributed by atoms with E-state index in [1.165, 1.54) is 60.8 Å². The number of fused-ring (bicyclic) bond motifs is 1. The zero-order chi connectivity index (χ0) is 15.8. The van der Waals surface area contributed by atoms with Crippen LogP contribution < -0.4 is 5.56 Å². The lowest BCUT2D eigenvalue weighted by Gasteiger charge is -2.33. The molecule has 0 spiro atoms. The van der Waals surface area contributed by atoms with Crippen LogP contribution in [0, 0.1) is 12.8 Å². The molecule has 0 aromatic carbocycles. The summed E-state index contributed by atoms with van der Waals surface area (Å²) in [5.74, 6) is 0.849. The number of hydrogen-bond donors (Lipinski definition) is 0. The second-order valence-electron chi connectivity index (χ2n) is 6.98. The Kier molecular flexibility index (Phi) is 4.20. The van der Waals surface area contributed by atoms with Crippen LogP contribution in [0.4, 0.5) is 0 Å². The van der Waals surface area contributed by atoms with E-state index < -0.39 is 0 Å². The monoisotopic (exact) mass is 332 g/mol. The fourth-order valence-corrected chi connectivity index (χ4v) is 5.11. The van der Waals surface area contributed by atoms with Gasteiger partial charge in [-0.2, -0.15) is 9.61 Å². The molecular formula is C17H24N4OS. The van der Waals surface area contributed by atoms with Gasteiger partial charge in [0.15, 0.2) is 0 Å². The van der Waals surface area contributed by atoms with E-state index in [0.29, 0.717) is 6.04 Å². The lowest BCUT2D eigenvalue weighted by atomic mass is 9.83. The van der Waals surface area contributed by atoms with Gasteiger partial charge in [0.1, 0.15) is 5.01 Å². The first-order valence-electron chi connectivity index (χ1n) is 8.81. The maximum absolute atomic E-state index is 12.2. The summed E-state index contributed by atoms with van der Waals surface area (Å²) in [6, 6.07) is 2.36. The zero-order valence-electron chi connectivity index (χ0n) is 13.7. The Labute approximate surface area is 140 Å². The third-order valence-electron chi connectivity index (χ3n) is 5.37. The molecule has 2 fully saturated rings. The molecule has 0 amide bonds. The molecule has 1 saturated heterocycles. The largest absolute Gasteiger partial charge is 0.294 e. The van der Waals surface area contributed by atoms with Gasteiger partial charge in [0.25, 0.3) is 5.56 Å². The quantitative estimate of drug-likeness (QED) is 0.867. The van der Waals surface area contributed by atoms with E-state index in [4.69, 9.17) is 0 Å². The zero-order valence-corrected chi connectivity index (χ0v) is 14.5. The van der Waals surface area contributed by atoms with Crippen molar-refractivity contribution in [2.24, 2.45) is 5.92 Å². The van der Waals surface area contributed by atoms with Crippen molar-refractivity contribution in [3.8, 4) is 0 Å². The molecule has 5 nitrogen and oxygen atoms in total.